The Balaban J connectivity index is 1.20. The number of benzene rings is 2. The number of carbonyl (C=O) groups is 1. The van der Waals surface area contributed by atoms with Crippen molar-refractivity contribution in [1.82, 2.24) is 15.3 Å². The largest absolute Gasteiger partial charge is 0.380 e. The lowest BCUT2D eigenvalue weighted by Crippen LogP contribution is -2.20. The molecule has 4 N–H and O–H groups in total. The van der Waals surface area contributed by atoms with Gasteiger partial charge in [0.15, 0.2) is 5.82 Å². The van der Waals surface area contributed by atoms with Crippen LogP contribution in [0.1, 0.15) is 20.8 Å². The maximum Gasteiger partial charge on any atom is 0.274 e. The molecule has 0 bridgehead atoms. The zero-order valence-corrected chi connectivity index (χ0v) is 22.0. The molecule has 2 aromatic carbocycles. The van der Waals surface area contributed by atoms with E-state index in [0.717, 1.165) is 33.9 Å². The average Bonchev–Trinajstić information content (AvgIpc) is 3.45. The highest BCUT2D eigenvalue weighted by atomic mass is 32.1. The third-order valence-electron chi connectivity index (χ3n) is 5.94. The molecule has 0 fully saturated rings. The number of nitro groups is 1. The second-order valence-electron chi connectivity index (χ2n) is 8.70. The minimum Gasteiger partial charge on any atom is -0.380 e. The Morgan fingerprint density at radius 3 is 2.50 bits per heavy atom. The van der Waals surface area contributed by atoms with Crippen molar-refractivity contribution in [2.45, 2.75) is 13.1 Å². The molecule has 0 aliphatic rings. The van der Waals surface area contributed by atoms with E-state index in [0.29, 0.717) is 29.3 Å². The van der Waals surface area contributed by atoms with Gasteiger partial charge in [0.1, 0.15) is 4.88 Å². The minimum absolute atomic E-state index is 0.224. The molecule has 0 radical (unpaired) electrons. The van der Waals surface area contributed by atoms with Gasteiger partial charge in [-0.05, 0) is 65.0 Å². The van der Waals surface area contributed by atoms with Crippen LogP contribution in [0.2, 0.25) is 0 Å². The van der Waals surface area contributed by atoms with Crippen LogP contribution in [0.5, 0.6) is 0 Å². The van der Waals surface area contributed by atoms with Crippen molar-refractivity contribution in [3.63, 3.8) is 0 Å². The Bertz CT molecular complexity index is 1650. The standard InChI is InChI=1S/C29H25N7O3S/c37-29(28-26(12-15-40-28)32-18-21-11-14-31-25-6-2-1-5-24(21)25)35-23-9-7-22(8-10-23)34-27(19-36(38)39)33-17-20-4-3-13-30-16-20/h1-16,19,32-34H,17-18H2,(H,35,37)/b27-19+. The summed E-state index contributed by atoms with van der Waals surface area (Å²) in [7, 11) is 0. The maximum absolute atomic E-state index is 13.1. The summed E-state index contributed by atoms with van der Waals surface area (Å²) >= 11 is 1.35. The molecular formula is C29H25N7O3S. The number of nitrogens with one attached hydrogen (secondary N) is 4. The Morgan fingerprint density at radius 1 is 0.925 bits per heavy atom. The first-order chi connectivity index (χ1) is 19.5. The van der Waals surface area contributed by atoms with Gasteiger partial charge in [0.05, 0.1) is 16.1 Å². The number of aromatic nitrogens is 2. The van der Waals surface area contributed by atoms with E-state index < -0.39 is 4.92 Å². The molecule has 3 aromatic heterocycles. The molecule has 1 amide bonds. The Hall–Kier alpha value is -5.29. The molecule has 0 spiro atoms. The third kappa shape index (κ3) is 6.77. The van der Waals surface area contributed by atoms with Crippen LogP contribution in [-0.2, 0) is 13.1 Å². The molecule has 5 rings (SSSR count). The second-order valence-corrected chi connectivity index (χ2v) is 9.62. The molecule has 0 atom stereocenters. The topological polar surface area (TPSA) is 134 Å². The molecule has 10 nitrogen and oxygen atoms in total. The number of para-hydroxylation sites is 1. The van der Waals surface area contributed by atoms with Gasteiger partial charge >= 0.3 is 0 Å². The van der Waals surface area contributed by atoms with Crippen molar-refractivity contribution >= 4 is 45.2 Å². The molecule has 200 valence electrons. The summed E-state index contributed by atoms with van der Waals surface area (Å²) in [6, 6.07) is 22.4. The fourth-order valence-electron chi connectivity index (χ4n) is 4.03. The van der Waals surface area contributed by atoms with Crippen molar-refractivity contribution in [2.75, 3.05) is 16.0 Å². The zero-order chi connectivity index (χ0) is 27.7. The number of carbonyl (C=O) groups excluding carboxylic acids is 1. The molecule has 0 aliphatic carbocycles. The lowest BCUT2D eigenvalue weighted by atomic mass is 10.1. The number of amides is 1. The molecule has 0 saturated heterocycles. The fourth-order valence-corrected chi connectivity index (χ4v) is 4.80. The number of nitrogens with zero attached hydrogens (tertiary/aromatic N) is 3. The summed E-state index contributed by atoms with van der Waals surface area (Å²) in [5.74, 6) is -0.00761. The molecule has 0 unspecified atom stereocenters. The van der Waals surface area contributed by atoms with Crippen molar-refractivity contribution in [3.8, 4) is 0 Å². The fraction of sp³-hybridized carbons (Fsp3) is 0.0690. The van der Waals surface area contributed by atoms with Crippen molar-refractivity contribution in [1.29, 1.82) is 0 Å². The highest BCUT2D eigenvalue weighted by Crippen LogP contribution is 2.26. The molecule has 40 heavy (non-hydrogen) atoms. The van der Waals surface area contributed by atoms with Crippen LogP contribution in [0.4, 0.5) is 17.1 Å². The molecule has 11 heteroatoms. The summed E-state index contributed by atoms with van der Waals surface area (Å²) in [6.45, 7) is 0.915. The van der Waals surface area contributed by atoms with Crippen LogP contribution in [0.3, 0.4) is 0 Å². The maximum atomic E-state index is 13.1. The molecule has 5 aromatic rings. The van der Waals surface area contributed by atoms with Crippen LogP contribution >= 0.6 is 11.3 Å². The average molecular weight is 552 g/mol. The smallest absolute Gasteiger partial charge is 0.274 e. The van der Waals surface area contributed by atoms with Crippen molar-refractivity contribution < 1.29 is 9.72 Å². The van der Waals surface area contributed by atoms with Crippen molar-refractivity contribution in [2.24, 2.45) is 0 Å². The first kappa shape index (κ1) is 26.3. The Kier molecular flexibility index (Phi) is 8.23. The molecule has 0 aliphatic heterocycles. The number of hydrogen-bond acceptors (Lipinski definition) is 9. The van der Waals surface area contributed by atoms with E-state index in [2.05, 4.69) is 31.2 Å². The summed E-state index contributed by atoms with van der Waals surface area (Å²) in [5.41, 5.74) is 4.86. The summed E-state index contributed by atoms with van der Waals surface area (Å²) in [6.07, 6.45) is 6.00. The van der Waals surface area contributed by atoms with E-state index in [1.807, 2.05) is 47.8 Å². The van der Waals surface area contributed by atoms with Gasteiger partial charge in [-0.2, -0.15) is 0 Å². The number of pyridine rings is 2. The van der Waals surface area contributed by atoms with Gasteiger partial charge < -0.3 is 21.3 Å². The van der Waals surface area contributed by atoms with Crippen LogP contribution in [0.15, 0.2) is 109 Å². The van der Waals surface area contributed by atoms with E-state index in [1.165, 1.54) is 11.3 Å². The van der Waals surface area contributed by atoms with Crippen LogP contribution in [-0.4, -0.2) is 20.8 Å². The van der Waals surface area contributed by atoms with Crippen LogP contribution in [0, 0.1) is 10.1 Å². The SMILES string of the molecule is O=C(Nc1ccc(N/C(=C/[N+](=O)[O-])NCc2cccnc2)cc1)c1sccc1NCc1ccnc2ccccc12. The minimum atomic E-state index is -0.531. The van der Waals surface area contributed by atoms with Gasteiger partial charge in [0, 0.05) is 48.4 Å². The molecule has 0 saturated carbocycles. The molecule has 3 heterocycles. The first-order valence-electron chi connectivity index (χ1n) is 12.4. The monoisotopic (exact) mass is 551 g/mol. The third-order valence-corrected chi connectivity index (χ3v) is 6.86. The Morgan fingerprint density at radius 2 is 1.73 bits per heavy atom. The van der Waals surface area contributed by atoms with Gasteiger partial charge in [0.2, 0.25) is 0 Å². The number of anilines is 3. The first-order valence-corrected chi connectivity index (χ1v) is 13.2. The summed E-state index contributed by atoms with van der Waals surface area (Å²) < 4.78 is 0. The van der Waals surface area contributed by atoms with Gasteiger partial charge in [-0.15, -0.1) is 11.3 Å². The number of thiophene rings is 1. The number of rotatable bonds is 11. The summed E-state index contributed by atoms with van der Waals surface area (Å²) in [4.78, 5) is 32.6. The second kappa shape index (κ2) is 12.5. The van der Waals surface area contributed by atoms with Crippen LogP contribution in [0.25, 0.3) is 10.9 Å². The van der Waals surface area contributed by atoms with Gasteiger partial charge in [-0.25, -0.2) is 0 Å². The van der Waals surface area contributed by atoms with E-state index >= 15 is 0 Å². The highest BCUT2D eigenvalue weighted by molar-refractivity contribution is 7.12. The molecular weight excluding hydrogens is 526 g/mol. The van der Waals surface area contributed by atoms with Crippen LogP contribution < -0.4 is 21.3 Å². The van der Waals surface area contributed by atoms with E-state index in [1.54, 1.807) is 48.9 Å². The predicted octanol–water partition coefficient (Wildman–Crippen LogP) is 5.83. The number of hydrogen-bond donors (Lipinski definition) is 4. The van der Waals surface area contributed by atoms with Gasteiger partial charge in [-0.1, -0.05) is 24.3 Å². The lowest BCUT2D eigenvalue weighted by molar-refractivity contribution is -0.403. The van der Waals surface area contributed by atoms with Gasteiger partial charge in [-0.3, -0.25) is 24.9 Å². The number of fused-ring (bicyclic) bond motifs is 1. The lowest BCUT2D eigenvalue weighted by Gasteiger charge is -2.13. The van der Waals surface area contributed by atoms with E-state index in [-0.39, 0.29) is 11.7 Å². The Labute approximate surface area is 234 Å². The van der Waals surface area contributed by atoms with Crippen molar-refractivity contribution in [3.05, 3.63) is 135 Å². The summed E-state index contributed by atoms with van der Waals surface area (Å²) in [5, 5.41) is 26.3. The predicted molar refractivity (Wildman–Crippen MR) is 158 cm³/mol. The van der Waals surface area contributed by atoms with E-state index in [4.69, 9.17) is 0 Å². The normalized spacial score (nSPS) is 11.2. The quantitative estimate of drug-likeness (QED) is 0.119. The zero-order valence-electron chi connectivity index (χ0n) is 21.2. The highest BCUT2D eigenvalue weighted by Gasteiger charge is 2.14. The van der Waals surface area contributed by atoms with E-state index in [9.17, 15) is 14.9 Å². The van der Waals surface area contributed by atoms with Gasteiger partial charge in [0.25, 0.3) is 12.1 Å².